The summed E-state index contributed by atoms with van der Waals surface area (Å²) in [5.41, 5.74) is 2.80. The van der Waals surface area contributed by atoms with Gasteiger partial charge in [-0.2, -0.15) is 0 Å². The van der Waals surface area contributed by atoms with Crippen LogP contribution in [0.1, 0.15) is 52.2 Å². The number of hydrogen-bond donors (Lipinski definition) is 0. The van der Waals surface area contributed by atoms with Crippen LogP contribution in [0.4, 0.5) is 0 Å². The molecule has 1 aliphatic rings. The molecule has 0 aromatic heterocycles. The summed E-state index contributed by atoms with van der Waals surface area (Å²) in [6.07, 6.45) is 3.15. The largest absolute Gasteiger partial charge is 0.494 e. The third-order valence-corrected chi connectivity index (χ3v) is 3.71. The highest BCUT2D eigenvalue weighted by Gasteiger charge is 2.33. The zero-order valence-corrected chi connectivity index (χ0v) is 12.8. The number of epoxide rings is 1. The number of benzene rings is 1. The summed E-state index contributed by atoms with van der Waals surface area (Å²) in [7, 11) is 0. The normalized spacial score (nSPS) is 22.4. The molecule has 2 nitrogen and oxygen atoms in total. The molecule has 1 saturated heterocycles. The Balaban J connectivity index is 2.12. The van der Waals surface area contributed by atoms with Gasteiger partial charge < -0.3 is 9.47 Å². The van der Waals surface area contributed by atoms with Crippen molar-refractivity contribution in [2.45, 2.75) is 65.1 Å². The van der Waals surface area contributed by atoms with Crippen molar-refractivity contribution in [3.63, 3.8) is 0 Å². The molecule has 0 radical (unpaired) electrons. The van der Waals surface area contributed by atoms with Gasteiger partial charge in [-0.1, -0.05) is 32.9 Å². The van der Waals surface area contributed by atoms with Crippen molar-refractivity contribution < 1.29 is 9.47 Å². The molecule has 0 aliphatic carbocycles. The van der Waals surface area contributed by atoms with E-state index in [0.717, 1.165) is 25.2 Å². The highest BCUT2D eigenvalue weighted by Crippen LogP contribution is 2.33. The first kappa shape index (κ1) is 14.4. The summed E-state index contributed by atoms with van der Waals surface area (Å²) in [6.45, 7) is 11.6. The first-order chi connectivity index (χ1) is 8.91. The fraction of sp³-hybridized carbons (Fsp3) is 0.647. The first-order valence-electron chi connectivity index (χ1n) is 7.33. The third-order valence-electron chi connectivity index (χ3n) is 3.71. The molecule has 2 heteroatoms. The van der Waals surface area contributed by atoms with E-state index in [0.29, 0.717) is 12.2 Å². The van der Waals surface area contributed by atoms with Gasteiger partial charge >= 0.3 is 0 Å². The summed E-state index contributed by atoms with van der Waals surface area (Å²) < 4.78 is 11.2. The number of hydrogen-bond acceptors (Lipinski definition) is 2. The van der Waals surface area contributed by atoms with Crippen LogP contribution in [0.15, 0.2) is 18.2 Å². The highest BCUT2D eigenvalue weighted by molar-refractivity contribution is 5.41. The standard InChI is InChI=1S/C17H26O2/c1-6-18-16-10-8-13(7-9-15-12(2)19-15)11-14(16)17(3,4)5/h8,10-12,15H,6-7,9H2,1-5H3. The average molecular weight is 262 g/mol. The van der Waals surface area contributed by atoms with E-state index in [1.807, 2.05) is 6.92 Å². The molecule has 2 atom stereocenters. The molecular formula is C17H26O2. The average Bonchev–Trinajstić information content (AvgIpc) is 3.03. The van der Waals surface area contributed by atoms with E-state index in [1.54, 1.807) is 0 Å². The van der Waals surface area contributed by atoms with E-state index in [-0.39, 0.29) is 5.41 Å². The highest BCUT2D eigenvalue weighted by atomic mass is 16.6. The minimum Gasteiger partial charge on any atom is -0.494 e. The Labute approximate surface area is 117 Å². The van der Waals surface area contributed by atoms with Gasteiger partial charge in [0.15, 0.2) is 0 Å². The summed E-state index contributed by atoms with van der Waals surface area (Å²) in [6, 6.07) is 6.61. The molecule has 2 rings (SSSR count). The van der Waals surface area contributed by atoms with Crippen molar-refractivity contribution >= 4 is 0 Å². The molecule has 106 valence electrons. The second-order valence-corrected chi connectivity index (χ2v) is 6.43. The smallest absolute Gasteiger partial charge is 0.123 e. The molecule has 2 unspecified atom stereocenters. The molecule has 0 bridgehead atoms. The van der Waals surface area contributed by atoms with Gasteiger partial charge in [0.05, 0.1) is 18.8 Å². The van der Waals surface area contributed by atoms with Crippen LogP contribution < -0.4 is 4.74 Å². The van der Waals surface area contributed by atoms with Crippen molar-refractivity contribution in [2.24, 2.45) is 0 Å². The van der Waals surface area contributed by atoms with Gasteiger partial charge in [0.1, 0.15) is 5.75 Å². The molecule has 1 heterocycles. The fourth-order valence-electron chi connectivity index (χ4n) is 2.44. The zero-order valence-electron chi connectivity index (χ0n) is 12.8. The second-order valence-electron chi connectivity index (χ2n) is 6.43. The fourth-order valence-corrected chi connectivity index (χ4v) is 2.44. The van der Waals surface area contributed by atoms with E-state index in [1.165, 1.54) is 11.1 Å². The lowest BCUT2D eigenvalue weighted by atomic mass is 9.85. The Kier molecular flexibility index (Phi) is 4.19. The maximum Gasteiger partial charge on any atom is 0.123 e. The third kappa shape index (κ3) is 3.73. The molecule has 1 fully saturated rings. The van der Waals surface area contributed by atoms with Crippen LogP contribution in [0, 0.1) is 0 Å². The Morgan fingerprint density at radius 3 is 2.47 bits per heavy atom. The molecule has 1 aromatic rings. The van der Waals surface area contributed by atoms with Crippen molar-refractivity contribution in [1.29, 1.82) is 0 Å². The van der Waals surface area contributed by atoms with Crippen molar-refractivity contribution in [3.05, 3.63) is 29.3 Å². The summed E-state index contributed by atoms with van der Waals surface area (Å²) in [5, 5.41) is 0. The molecular weight excluding hydrogens is 236 g/mol. The zero-order chi connectivity index (χ0) is 14.0. The summed E-state index contributed by atoms with van der Waals surface area (Å²) in [5.74, 6) is 1.02. The lowest BCUT2D eigenvalue weighted by molar-refractivity contribution is 0.329. The Hall–Kier alpha value is -1.02. The van der Waals surface area contributed by atoms with Gasteiger partial charge in [-0.3, -0.25) is 0 Å². The molecule has 19 heavy (non-hydrogen) atoms. The van der Waals surface area contributed by atoms with E-state index in [9.17, 15) is 0 Å². The predicted octanol–water partition coefficient (Wildman–Crippen LogP) is 4.10. The van der Waals surface area contributed by atoms with Gasteiger partial charge in [0, 0.05) is 0 Å². The topological polar surface area (TPSA) is 21.8 Å². The van der Waals surface area contributed by atoms with Crippen LogP contribution in [0.2, 0.25) is 0 Å². The van der Waals surface area contributed by atoms with Crippen LogP contribution in [0.3, 0.4) is 0 Å². The van der Waals surface area contributed by atoms with E-state index < -0.39 is 0 Å². The minimum atomic E-state index is 0.115. The minimum absolute atomic E-state index is 0.115. The van der Waals surface area contributed by atoms with Gasteiger partial charge in [-0.05, 0) is 49.3 Å². The molecule has 0 spiro atoms. The number of aryl methyl sites for hydroxylation is 1. The van der Waals surface area contributed by atoms with Crippen LogP contribution in [-0.2, 0) is 16.6 Å². The van der Waals surface area contributed by atoms with E-state index >= 15 is 0 Å². The number of ether oxygens (including phenoxy) is 2. The maximum atomic E-state index is 5.75. The van der Waals surface area contributed by atoms with Crippen molar-refractivity contribution in [1.82, 2.24) is 0 Å². The quantitative estimate of drug-likeness (QED) is 0.745. The SMILES string of the molecule is CCOc1ccc(CCC2OC2C)cc1C(C)(C)C. The van der Waals surface area contributed by atoms with Crippen LogP contribution in [0.5, 0.6) is 5.75 Å². The summed E-state index contributed by atoms with van der Waals surface area (Å²) >= 11 is 0. The Morgan fingerprint density at radius 1 is 1.26 bits per heavy atom. The van der Waals surface area contributed by atoms with Crippen LogP contribution in [0.25, 0.3) is 0 Å². The van der Waals surface area contributed by atoms with Crippen LogP contribution >= 0.6 is 0 Å². The maximum absolute atomic E-state index is 5.75. The van der Waals surface area contributed by atoms with Crippen LogP contribution in [-0.4, -0.2) is 18.8 Å². The summed E-state index contributed by atoms with van der Waals surface area (Å²) in [4.78, 5) is 0. The Morgan fingerprint density at radius 2 is 1.95 bits per heavy atom. The van der Waals surface area contributed by atoms with Crippen molar-refractivity contribution in [2.75, 3.05) is 6.61 Å². The van der Waals surface area contributed by atoms with Gasteiger partial charge in [-0.15, -0.1) is 0 Å². The lowest BCUT2D eigenvalue weighted by Crippen LogP contribution is -2.14. The number of rotatable bonds is 5. The van der Waals surface area contributed by atoms with Gasteiger partial charge in [-0.25, -0.2) is 0 Å². The second kappa shape index (κ2) is 5.54. The van der Waals surface area contributed by atoms with Gasteiger partial charge in [0.2, 0.25) is 0 Å². The molecule has 0 amide bonds. The van der Waals surface area contributed by atoms with Crippen molar-refractivity contribution in [3.8, 4) is 5.75 Å². The first-order valence-corrected chi connectivity index (χ1v) is 7.33. The predicted molar refractivity (Wildman–Crippen MR) is 79.0 cm³/mol. The van der Waals surface area contributed by atoms with E-state index in [4.69, 9.17) is 9.47 Å². The lowest BCUT2D eigenvalue weighted by Gasteiger charge is -2.23. The molecule has 1 aliphatic heterocycles. The van der Waals surface area contributed by atoms with Gasteiger partial charge in [0.25, 0.3) is 0 Å². The molecule has 0 N–H and O–H groups in total. The van der Waals surface area contributed by atoms with E-state index in [2.05, 4.69) is 45.9 Å². The molecule has 0 saturated carbocycles. The molecule has 1 aromatic carbocycles. The monoisotopic (exact) mass is 262 g/mol. The Bertz CT molecular complexity index is 431.